The molecule has 146 valence electrons. The van der Waals surface area contributed by atoms with Crippen molar-refractivity contribution < 1.29 is 9.47 Å². The summed E-state index contributed by atoms with van der Waals surface area (Å²) < 4.78 is 11.3. The highest BCUT2D eigenvalue weighted by Crippen LogP contribution is 2.35. The second kappa shape index (κ2) is 9.62. The first kappa shape index (κ1) is 20.9. The molecule has 0 unspecified atom stereocenters. The third-order valence-electron chi connectivity index (χ3n) is 4.01. The Hall–Kier alpha value is -1.78. The van der Waals surface area contributed by atoms with Crippen LogP contribution in [0, 0.1) is 0 Å². The number of ether oxygens (including phenoxy) is 2. The van der Waals surface area contributed by atoms with Gasteiger partial charge < -0.3 is 14.8 Å². The van der Waals surface area contributed by atoms with Gasteiger partial charge in [-0.25, -0.2) is 0 Å². The van der Waals surface area contributed by atoms with Gasteiger partial charge in [0.15, 0.2) is 11.5 Å². The van der Waals surface area contributed by atoms with Crippen molar-refractivity contribution in [3.8, 4) is 11.5 Å². The molecule has 3 aromatic rings. The topological polar surface area (TPSA) is 30.5 Å². The molecular formula is C21H17Cl4NO2. The molecule has 0 spiro atoms. The van der Waals surface area contributed by atoms with Crippen molar-refractivity contribution in [2.45, 2.75) is 13.2 Å². The van der Waals surface area contributed by atoms with E-state index in [1.165, 1.54) is 0 Å². The first-order valence-electron chi connectivity index (χ1n) is 8.39. The number of hydrogen-bond donors (Lipinski definition) is 1. The molecule has 0 saturated heterocycles. The number of rotatable bonds is 7. The summed E-state index contributed by atoms with van der Waals surface area (Å²) in [5.74, 6) is 1.14. The Bertz CT molecular complexity index is 979. The van der Waals surface area contributed by atoms with Gasteiger partial charge in [0.2, 0.25) is 0 Å². The zero-order valence-corrected chi connectivity index (χ0v) is 18.0. The van der Waals surface area contributed by atoms with E-state index in [1.54, 1.807) is 31.4 Å². The maximum absolute atomic E-state index is 6.45. The Morgan fingerprint density at radius 1 is 0.821 bits per heavy atom. The minimum Gasteiger partial charge on any atom is -0.493 e. The Kier molecular flexibility index (Phi) is 7.19. The van der Waals surface area contributed by atoms with Crippen LogP contribution in [0.4, 0.5) is 5.69 Å². The average Bonchev–Trinajstić information content (AvgIpc) is 2.68. The van der Waals surface area contributed by atoms with E-state index in [0.29, 0.717) is 44.7 Å². The lowest BCUT2D eigenvalue weighted by Gasteiger charge is -2.15. The largest absolute Gasteiger partial charge is 0.493 e. The molecule has 0 aliphatic carbocycles. The van der Waals surface area contributed by atoms with Crippen molar-refractivity contribution in [2.75, 3.05) is 12.4 Å². The summed E-state index contributed by atoms with van der Waals surface area (Å²) in [6.07, 6.45) is 0. The van der Waals surface area contributed by atoms with Crippen molar-refractivity contribution in [1.29, 1.82) is 0 Å². The van der Waals surface area contributed by atoms with Gasteiger partial charge in [-0.2, -0.15) is 0 Å². The highest BCUT2D eigenvalue weighted by molar-refractivity contribution is 6.35. The van der Waals surface area contributed by atoms with Crippen LogP contribution >= 0.6 is 46.4 Å². The van der Waals surface area contributed by atoms with Crippen molar-refractivity contribution in [3.05, 3.63) is 85.8 Å². The highest BCUT2D eigenvalue weighted by atomic mass is 35.5. The van der Waals surface area contributed by atoms with Gasteiger partial charge in [0.1, 0.15) is 6.61 Å². The molecule has 0 radical (unpaired) electrons. The molecule has 28 heavy (non-hydrogen) atoms. The molecule has 0 heterocycles. The van der Waals surface area contributed by atoms with Crippen LogP contribution in [-0.4, -0.2) is 7.11 Å². The number of hydrogen-bond acceptors (Lipinski definition) is 3. The lowest BCUT2D eigenvalue weighted by atomic mass is 10.2. The Balaban J connectivity index is 1.74. The summed E-state index contributed by atoms with van der Waals surface area (Å²) in [4.78, 5) is 0. The van der Waals surface area contributed by atoms with Crippen molar-refractivity contribution in [3.63, 3.8) is 0 Å². The van der Waals surface area contributed by atoms with Crippen LogP contribution in [-0.2, 0) is 13.2 Å². The van der Waals surface area contributed by atoms with E-state index in [4.69, 9.17) is 55.9 Å². The predicted molar refractivity (Wildman–Crippen MR) is 118 cm³/mol. The van der Waals surface area contributed by atoms with Crippen LogP contribution in [0.5, 0.6) is 11.5 Å². The molecule has 0 amide bonds. The number of benzene rings is 3. The molecule has 0 atom stereocenters. The van der Waals surface area contributed by atoms with Crippen LogP contribution in [0.1, 0.15) is 11.1 Å². The molecule has 0 aliphatic rings. The van der Waals surface area contributed by atoms with Crippen LogP contribution in [0.15, 0.2) is 54.6 Å². The quantitative estimate of drug-likeness (QED) is 0.399. The van der Waals surface area contributed by atoms with Gasteiger partial charge in [0, 0.05) is 27.7 Å². The van der Waals surface area contributed by atoms with Crippen molar-refractivity contribution >= 4 is 52.1 Å². The van der Waals surface area contributed by atoms with E-state index >= 15 is 0 Å². The van der Waals surface area contributed by atoms with Crippen LogP contribution in [0.3, 0.4) is 0 Å². The van der Waals surface area contributed by atoms with Gasteiger partial charge in [-0.15, -0.1) is 0 Å². The molecule has 0 aromatic heterocycles. The predicted octanol–water partition coefficient (Wildman–Crippen LogP) is 7.50. The van der Waals surface area contributed by atoms with Gasteiger partial charge in [-0.1, -0.05) is 58.5 Å². The summed E-state index contributed by atoms with van der Waals surface area (Å²) in [5.41, 5.74) is 2.52. The molecule has 7 heteroatoms. The highest BCUT2D eigenvalue weighted by Gasteiger charge is 2.12. The summed E-state index contributed by atoms with van der Waals surface area (Å²) >= 11 is 24.7. The Morgan fingerprint density at radius 3 is 2.36 bits per heavy atom. The zero-order chi connectivity index (χ0) is 20.1. The van der Waals surface area contributed by atoms with Crippen molar-refractivity contribution in [1.82, 2.24) is 0 Å². The first-order chi connectivity index (χ1) is 13.5. The molecule has 0 fully saturated rings. The maximum Gasteiger partial charge on any atom is 0.163 e. The molecule has 3 aromatic carbocycles. The van der Waals surface area contributed by atoms with E-state index in [9.17, 15) is 0 Å². The van der Waals surface area contributed by atoms with Gasteiger partial charge >= 0.3 is 0 Å². The fourth-order valence-corrected chi connectivity index (χ4v) is 3.39. The standard InChI is InChI=1S/C21H17Cl4NO2/c1-27-20-8-14(11-26-19-9-16(23)5-6-17(19)24)18(25)10-21(20)28-12-13-3-2-4-15(22)7-13/h2-10,26H,11-12H2,1H3. The molecule has 3 nitrogen and oxygen atoms in total. The molecule has 0 aliphatic heterocycles. The maximum atomic E-state index is 6.45. The third kappa shape index (κ3) is 5.39. The van der Waals surface area contributed by atoms with E-state index in [0.717, 1.165) is 16.8 Å². The van der Waals surface area contributed by atoms with Gasteiger partial charge in [0.25, 0.3) is 0 Å². The second-order valence-corrected chi connectivity index (χ2v) is 7.68. The van der Waals surface area contributed by atoms with Crippen LogP contribution in [0.25, 0.3) is 0 Å². The minimum atomic E-state index is 0.350. The number of anilines is 1. The zero-order valence-electron chi connectivity index (χ0n) is 14.9. The lowest BCUT2D eigenvalue weighted by molar-refractivity contribution is 0.284. The fraction of sp³-hybridized carbons (Fsp3) is 0.143. The lowest BCUT2D eigenvalue weighted by Crippen LogP contribution is -2.03. The second-order valence-electron chi connectivity index (χ2n) is 5.99. The summed E-state index contributed by atoms with van der Waals surface area (Å²) in [7, 11) is 1.58. The summed E-state index contributed by atoms with van der Waals surface area (Å²) in [6.45, 7) is 0.798. The molecule has 0 bridgehead atoms. The van der Waals surface area contributed by atoms with Crippen LogP contribution < -0.4 is 14.8 Å². The van der Waals surface area contributed by atoms with Crippen LogP contribution in [0.2, 0.25) is 20.1 Å². The number of nitrogens with one attached hydrogen (secondary N) is 1. The Morgan fingerprint density at radius 2 is 1.61 bits per heavy atom. The van der Waals surface area contributed by atoms with E-state index < -0.39 is 0 Å². The monoisotopic (exact) mass is 455 g/mol. The first-order valence-corrected chi connectivity index (χ1v) is 9.90. The summed E-state index contributed by atoms with van der Waals surface area (Å²) in [5, 5.41) is 5.62. The fourth-order valence-electron chi connectivity index (χ4n) is 2.60. The molecular weight excluding hydrogens is 440 g/mol. The van der Waals surface area contributed by atoms with Gasteiger partial charge in [0.05, 0.1) is 17.8 Å². The normalized spacial score (nSPS) is 10.6. The van der Waals surface area contributed by atoms with E-state index in [1.807, 2.05) is 30.3 Å². The minimum absolute atomic E-state index is 0.350. The molecule has 1 N–H and O–H groups in total. The smallest absolute Gasteiger partial charge is 0.163 e. The Labute approximate surface area is 184 Å². The van der Waals surface area contributed by atoms with Gasteiger partial charge in [-0.3, -0.25) is 0 Å². The number of halogens is 4. The van der Waals surface area contributed by atoms with Crippen molar-refractivity contribution in [2.24, 2.45) is 0 Å². The average molecular weight is 457 g/mol. The number of methoxy groups -OCH3 is 1. The van der Waals surface area contributed by atoms with Gasteiger partial charge in [-0.05, 0) is 47.5 Å². The SMILES string of the molecule is COc1cc(CNc2cc(Cl)ccc2Cl)c(Cl)cc1OCc1cccc(Cl)c1. The summed E-state index contributed by atoms with van der Waals surface area (Å²) in [6, 6.07) is 16.3. The van der Waals surface area contributed by atoms with E-state index in [2.05, 4.69) is 5.32 Å². The molecule has 0 saturated carbocycles. The third-order valence-corrected chi connectivity index (χ3v) is 5.17. The molecule has 3 rings (SSSR count). The van der Waals surface area contributed by atoms with E-state index in [-0.39, 0.29) is 0 Å².